The molecule has 1 saturated carbocycles. The third kappa shape index (κ3) is 1.90. The van der Waals surface area contributed by atoms with Crippen molar-refractivity contribution in [2.45, 2.75) is 32.0 Å². The van der Waals surface area contributed by atoms with Crippen molar-refractivity contribution in [1.29, 1.82) is 0 Å². The topological polar surface area (TPSA) is 53.4 Å². The van der Waals surface area contributed by atoms with Gasteiger partial charge in [0.15, 0.2) is 0 Å². The van der Waals surface area contributed by atoms with Crippen LogP contribution in [0.2, 0.25) is 0 Å². The highest BCUT2D eigenvalue weighted by Gasteiger charge is 2.35. The molecule has 2 rings (SSSR count). The molecule has 3 nitrogen and oxygen atoms in total. The molecule has 1 fully saturated rings. The smallest absolute Gasteiger partial charge is 0.123 e. The Hall–Kier alpha value is -0.450. The number of aliphatic hydroxyl groups is 2. The van der Waals surface area contributed by atoms with Crippen LogP contribution >= 0.6 is 11.3 Å². The first-order valence-electron chi connectivity index (χ1n) is 4.46. The molecule has 1 aromatic rings. The van der Waals surface area contributed by atoms with Crippen molar-refractivity contribution >= 4 is 11.3 Å². The van der Waals surface area contributed by atoms with E-state index in [0.717, 1.165) is 17.8 Å². The molecule has 0 saturated heterocycles. The minimum atomic E-state index is -0.794. The third-order valence-corrected chi connectivity index (χ3v) is 3.16. The zero-order valence-electron chi connectivity index (χ0n) is 7.47. The molecule has 1 heterocycles. The van der Waals surface area contributed by atoms with Crippen molar-refractivity contribution in [3.05, 3.63) is 16.1 Å². The normalized spacial score (nSPS) is 21.5. The summed E-state index contributed by atoms with van der Waals surface area (Å²) in [5, 5.41) is 22.1. The lowest BCUT2D eigenvalue weighted by Gasteiger charge is -2.14. The first-order valence-corrected chi connectivity index (χ1v) is 5.34. The standard InChI is InChI=1S/C9H13NO2S/c1-5-10-7(4-13-5)9(12)8(11)6-2-3-6/h4,6,8-9,11-12H,2-3H2,1H3. The van der Waals surface area contributed by atoms with Gasteiger partial charge >= 0.3 is 0 Å². The second-order valence-electron chi connectivity index (χ2n) is 3.56. The molecule has 0 radical (unpaired) electrons. The van der Waals surface area contributed by atoms with Crippen molar-refractivity contribution in [3.63, 3.8) is 0 Å². The molecule has 2 N–H and O–H groups in total. The van der Waals surface area contributed by atoms with Crippen LogP contribution in [0.15, 0.2) is 5.38 Å². The maximum Gasteiger partial charge on any atom is 0.123 e. The molecular formula is C9H13NO2S. The summed E-state index contributed by atoms with van der Waals surface area (Å²) in [6.45, 7) is 1.89. The Bertz CT molecular complexity index is 296. The van der Waals surface area contributed by atoms with Crippen molar-refractivity contribution in [2.75, 3.05) is 0 Å². The van der Waals surface area contributed by atoms with Gasteiger partial charge < -0.3 is 10.2 Å². The Kier molecular flexibility index (Phi) is 2.36. The van der Waals surface area contributed by atoms with Crippen molar-refractivity contribution < 1.29 is 10.2 Å². The first-order chi connectivity index (χ1) is 6.18. The number of nitrogens with zero attached hydrogens (tertiary/aromatic N) is 1. The molecule has 1 aromatic heterocycles. The molecule has 1 aliphatic rings. The Morgan fingerprint density at radius 2 is 2.23 bits per heavy atom. The van der Waals surface area contributed by atoms with E-state index in [1.54, 1.807) is 0 Å². The molecule has 1 aliphatic carbocycles. The van der Waals surface area contributed by atoms with Gasteiger partial charge in [0.1, 0.15) is 6.10 Å². The summed E-state index contributed by atoms with van der Waals surface area (Å²) in [6, 6.07) is 0. The van der Waals surface area contributed by atoms with Gasteiger partial charge in [0.2, 0.25) is 0 Å². The van der Waals surface area contributed by atoms with Gasteiger partial charge in [0, 0.05) is 5.38 Å². The van der Waals surface area contributed by atoms with E-state index in [1.807, 2.05) is 12.3 Å². The molecule has 0 amide bonds. The molecule has 2 atom stereocenters. The summed E-state index contributed by atoms with van der Waals surface area (Å²) in [5.41, 5.74) is 0.613. The van der Waals surface area contributed by atoms with Crippen molar-refractivity contribution in [1.82, 2.24) is 4.98 Å². The lowest BCUT2D eigenvalue weighted by Crippen LogP contribution is -2.20. The molecule has 0 aliphatic heterocycles. The molecule has 0 spiro atoms. The summed E-state index contributed by atoms with van der Waals surface area (Å²) >= 11 is 1.50. The Labute approximate surface area is 81.1 Å². The average molecular weight is 199 g/mol. The number of hydrogen-bond acceptors (Lipinski definition) is 4. The fourth-order valence-corrected chi connectivity index (χ4v) is 2.03. The fraction of sp³-hybridized carbons (Fsp3) is 0.667. The number of aromatic nitrogens is 1. The van der Waals surface area contributed by atoms with E-state index in [4.69, 9.17) is 0 Å². The van der Waals surface area contributed by atoms with Crippen LogP contribution in [0, 0.1) is 12.8 Å². The number of aliphatic hydroxyl groups excluding tert-OH is 2. The Morgan fingerprint density at radius 3 is 2.69 bits per heavy atom. The van der Waals surface area contributed by atoms with Gasteiger partial charge in [-0.1, -0.05) is 0 Å². The predicted molar refractivity (Wildman–Crippen MR) is 50.5 cm³/mol. The minimum absolute atomic E-state index is 0.289. The summed E-state index contributed by atoms with van der Waals surface area (Å²) in [5.74, 6) is 0.289. The number of aryl methyl sites for hydroxylation is 1. The Balaban J connectivity index is 2.06. The van der Waals surface area contributed by atoms with Crippen LogP contribution in [0.4, 0.5) is 0 Å². The van der Waals surface area contributed by atoms with E-state index in [0.29, 0.717) is 5.69 Å². The average Bonchev–Trinajstić information content (AvgIpc) is 2.87. The van der Waals surface area contributed by atoms with Gasteiger partial charge in [-0.15, -0.1) is 11.3 Å². The highest BCUT2D eigenvalue weighted by atomic mass is 32.1. The number of hydrogen-bond donors (Lipinski definition) is 2. The lowest BCUT2D eigenvalue weighted by molar-refractivity contribution is 0.00271. The molecule has 4 heteroatoms. The summed E-state index contributed by atoms with van der Waals surface area (Å²) in [6.07, 6.45) is 0.641. The van der Waals surface area contributed by atoms with Gasteiger partial charge in [0.05, 0.1) is 16.8 Å². The van der Waals surface area contributed by atoms with Crippen LogP contribution in [-0.2, 0) is 0 Å². The van der Waals surface area contributed by atoms with E-state index in [9.17, 15) is 10.2 Å². The van der Waals surface area contributed by atoms with Gasteiger partial charge in [-0.2, -0.15) is 0 Å². The maximum absolute atomic E-state index is 9.71. The van der Waals surface area contributed by atoms with Crippen LogP contribution < -0.4 is 0 Å². The van der Waals surface area contributed by atoms with Crippen LogP contribution in [0.3, 0.4) is 0 Å². The highest BCUT2D eigenvalue weighted by Crippen LogP contribution is 2.37. The summed E-state index contributed by atoms with van der Waals surface area (Å²) in [4.78, 5) is 4.15. The monoisotopic (exact) mass is 199 g/mol. The van der Waals surface area contributed by atoms with Crippen LogP contribution in [0.5, 0.6) is 0 Å². The predicted octanol–water partition coefficient (Wildman–Crippen LogP) is 1.26. The molecule has 0 aromatic carbocycles. The second kappa shape index (κ2) is 3.36. The Morgan fingerprint density at radius 1 is 1.54 bits per heavy atom. The van der Waals surface area contributed by atoms with E-state index >= 15 is 0 Å². The largest absolute Gasteiger partial charge is 0.390 e. The summed E-state index contributed by atoms with van der Waals surface area (Å²) < 4.78 is 0. The summed E-state index contributed by atoms with van der Waals surface area (Å²) in [7, 11) is 0. The van der Waals surface area contributed by atoms with Gasteiger partial charge in [-0.3, -0.25) is 0 Å². The van der Waals surface area contributed by atoms with Crippen molar-refractivity contribution in [3.8, 4) is 0 Å². The van der Waals surface area contributed by atoms with Gasteiger partial charge in [-0.25, -0.2) is 4.98 Å². The highest BCUT2D eigenvalue weighted by molar-refractivity contribution is 7.09. The first kappa shape index (κ1) is 9.12. The van der Waals surface area contributed by atoms with E-state index in [1.165, 1.54) is 11.3 Å². The molecule has 2 unspecified atom stereocenters. The van der Waals surface area contributed by atoms with Crippen LogP contribution in [0.1, 0.15) is 29.6 Å². The molecule has 13 heavy (non-hydrogen) atoms. The quantitative estimate of drug-likeness (QED) is 0.770. The third-order valence-electron chi connectivity index (χ3n) is 2.37. The minimum Gasteiger partial charge on any atom is -0.390 e. The molecular weight excluding hydrogens is 186 g/mol. The van der Waals surface area contributed by atoms with Gasteiger partial charge in [0.25, 0.3) is 0 Å². The maximum atomic E-state index is 9.71. The molecule has 0 bridgehead atoms. The zero-order chi connectivity index (χ0) is 9.42. The van der Waals surface area contributed by atoms with Crippen molar-refractivity contribution in [2.24, 2.45) is 5.92 Å². The van der Waals surface area contributed by atoms with Crippen LogP contribution in [-0.4, -0.2) is 21.3 Å². The zero-order valence-corrected chi connectivity index (χ0v) is 8.29. The lowest BCUT2D eigenvalue weighted by atomic mass is 10.1. The van der Waals surface area contributed by atoms with E-state index in [2.05, 4.69) is 4.98 Å². The molecule has 72 valence electrons. The number of rotatable bonds is 3. The number of thiazole rings is 1. The second-order valence-corrected chi connectivity index (χ2v) is 4.63. The fourth-order valence-electron chi connectivity index (χ4n) is 1.39. The van der Waals surface area contributed by atoms with E-state index < -0.39 is 12.2 Å². The van der Waals surface area contributed by atoms with Crippen LogP contribution in [0.25, 0.3) is 0 Å². The SMILES string of the molecule is Cc1nc(C(O)C(O)C2CC2)cs1. The van der Waals surface area contributed by atoms with E-state index in [-0.39, 0.29) is 5.92 Å². The van der Waals surface area contributed by atoms with Gasteiger partial charge in [-0.05, 0) is 25.7 Å².